The number of rotatable bonds is 5. The summed E-state index contributed by atoms with van der Waals surface area (Å²) in [5.74, 6) is -0.662. The van der Waals surface area contributed by atoms with Gasteiger partial charge in [0.05, 0.1) is 19.3 Å². The lowest BCUT2D eigenvalue weighted by atomic mass is 10.6. The van der Waals surface area contributed by atoms with Crippen LogP contribution in [0.1, 0.15) is 13.8 Å². The topological polar surface area (TPSA) is 70.8 Å². The third kappa shape index (κ3) is 5.55. The molecule has 0 aromatic rings. The number of carbonyl (C=O) groups excluding carboxylic acids is 1. The molecule has 0 saturated carbocycles. The highest BCUT2D eigenvalue weighted by Gasteiger charge is 2.00. The SMILES string of the molecule is CCOOC(=O)/C=C(/N)OCC. The zero-order valence-electron chi connectivity index (χ0n) is 7.20. The lowest BCUT2D eigenvalue weighted by Gasteiger charge is -2.01. The van der Waals surface area contributed by atoms with Crippen LogP contribution in [0.5, 0.6) is 0 Å². The molecule has 12 heavy (non-hydrogen) atoms. The van der Waals surface area contributed by atoms with E-state index in [0.717, 1.165) is 6.08 Å². The first-order valence-electron chi connectivity index (χ1n) is 3.64. The molecular formula is C7H13NO4. The fourth-order valence-electron chi connectivity index (χ4n) is 0.466. The fourth-order valence-corrected chi connectivity index (χ4v) is 0.466. The van der Waals surface area contributed by atoms with Crippen LogP contribution in [0, 0.1) is 0 Å². The van der Waals surface area contributed by atoms with Crippen molar-refractivity contribution in [1.29, 1.82) is 0 Å². The fraction of sp³-hybridized carbons (Fsp3) is 0.571. The summed E-state index contributed by atoms with van der Waals surface area (Å²) in [6, 6.07) is 0. The minimum Gasteiger partial charge on any atom is -0.479 e. The zero-order valence-corrected chi connectivity index (χ0v) is 7.20. The van der Waals surface area contributed by atoms with Crippen molar-refractivity contribution in [2.24, 2.45) is 5.73 Å². The number of nitrogens with two attached hydrogens (primary N) is 1. The molecule has 2 N–H and O–H groups in total. The Morgan fingerprint density at radius 2 is 2.08 bits per heavy atom. The first-order valence-corrected chi connectivity index (χ1v) is 3.64. The van der Waals surface area contributed by atoms with E-state index in [-0.39, 0.29) is 5.88 Å². The first kappa shape index (κ1) is 10.8. The molecular weight excluding hydrogens is 162 g/mol. The van der Waals surface area contributed by atoms with Gasteiger partial charge in [-0.15, -0.1) is 0 Å². The average Bonchev–Trinajstić information content (AvgIpc) is 2.01. The molecule has 0 radical (unpaired) electrons. The van der Waals surface area contributed by atoms with Gasteiger partial charge < -0.3 is 10.5 Å². The summed E-state index contributed by atoms with van der Waals surface area (Å²) < 4.78 is 4.77. The van der Waals surface area contributed by atoms with E-state index in [1.807, 2.05) is 0 Å². The van der Waals surface area contributed by atoms with Crippen LogP contribution < -0.4 is 5.73 Å². The molecule has 0 fully saturated rings. The molecule has 0 atom stereocenters. The summed E-state index contributed by atoms with van der Waals surface area (Å²) in [4.78, 5) is 19.3. The largest absolute Gasteiger partial charge is 0.479 e. The standard InChI is InChI=1S/C7H13NO4/c1-3-10-6(8)5-7(9)12-11-4-2/h5H,3-4,8H2,1-2H3/b6-5-. The molecule has 0 aromatic carbocycles. The molecule has 0 aromatic heterocycles. The molecule has 0 amide bonds. The Balaban J connectivity index is 3.71. The van der Waals surface area contributed by atoms with E-state index >= 15 is 0 Å². The quantitative estimate of drug-likeness (QED) is 0.282. The molecule has 0 saturated heterocycles. The molecule has 0 unspecified atom stereocenters. The van der Waals surface area contributed by atoms with Crippen LogP contribution in [-0.4, -0.2) is 19.2 Å². The molecule has 0 rings (SSSR count). The van der Waals surface area contributed by atoms with Gasteiger partial charge >= 0.3 is 5.97 Å². The van der Waals surface area contributed by atoms with E-state index in [9.17, 15) is 4.79 Å². The minimum absolute atomic E-state index is 0.0159. The Kier molecular flexibility index (Phi) is 5.81. The normalized spacial score (nSPS) is 11.0. The van der Waals surface area contributed by atoms with Gasteiger partial charge in [-0.05, 0) is 13.8 Å². The third-order valence-electron chi connectivity index (χ3n) is 0.830. The van der Waals surface area contributed by atoms with Crippen LogP contribution in [0.3, 0.4) is 0 Å². The molecule has 0 aliphatic heterocycles. The van der Waals surface area contributed by atoms with E-state index in [1.54, 1.807) is 13.8 Å². The van der Waals surface area contributed by atoms with E-state index in [1.165, 1.54) is 0 Å². The number of hydrogen-bond donors (Lipinski definition) is 1. The van der Waals surface area contributed by atoms with E-state index in [0.29, 0.717) is 13.2 Å². The average molecular weight is 175 g/mol. The lowest BCUT2D eigenvalue weighted by molar-refractivity contribution is -0.264. The van der Waals surface area contributed by atoms with Gasteiger partial charge in [-0.25, -0.2) is 4.79 Å². The Morgan fingerprint density at radius 1 is 1.42 bits per heavy atom. The number of ether oxygens (including phenoxy) is 1. The molecule has 5 nitrogen and oxygen atoms in total. The Hall–Kier alpha value is -1.23. The summed E-state index contributed by atoms with van der Waals surface area (Å²) in [6.45, 7) is 4.16. The molecule has 70 valence electrons. The molecule has 5 heteroatoms. The Morgan fingerprint density at radius 3 is 2.58 bits per heavy atom. The maximum absolute atomic E-state index is 10.7. The molecule has 0 heterocycles. The second-order valence-corrected chi connectivity index (χ2v) is 1.79. The van der Waals surface area contributed by atoms with Gasteiger partial charge in [-0.2, -0.15) is 4.89 Å². The van der Waals surface area contributed by atoms with Crippen molar-refractivity contribution in [2.75, 3.05) is 13.2 Å². The second-order valence-electron chi connectivity index (χ2n) is 1.79. The highest BCUT2D eigenvalue weighted by Crippen LogP contribution is 1.90. The van der Waals surface area contributed by atoms with Gasteiger partial charge in [-0.3, -0.25) is 4.89 Å². The maximum atomic E-state index is 10.7. The van der Waals surface area contributed by atoms with Crippen molar-refractivity contribution in [3.63, 3.8) is 0 Å². The molecule has 0 aliphatic carbocycles. The van der Waals surface area contributed by atoms with Gasteiger partial charge in [0.2, 0.25) is 0 Å². The van der Waals surface area contributed by atoms with Crippen LogP contribution >= 0.6 is 0 Å². The predicted octanol–water partition coefficient (Wildman–Crippen LogP) is 0.318. The smallest absolute Gasteiger partial charge is 0.371 e. The monoisotopic (exact) mass is 175 g/mol. The van der Waals surface area contributed by atoms with Crippen LogP contribution in [0.2, 0.25) is 0 Å². The number of hydrogen-bond acceptors (Lipinski definition) is 5. The predicted molar refractivity (Wildman–Crippen MR) is 41.6 cm³/mol. The van der Waals surface area contributed by atoms with E-state index < -0.39 is 5.97 Å². The van der Waals surface area contributed by atoms with Crippen molar-refractivity contribution in [3.05, 3.63) is 12.0 Å². The van der Waals surface area contributed by atoms with E-state index in [4.69, 9.17) is 10.5 Å². The number of carbonyl (C=O) groups is 1. The van der Waals surface area contributed by atoms with Crippen molar-refractivity contribution in [2.45, 2.75) is 13.8 Å². The second kappa shape index (κ2) is 6.48. The summed E-state index contributed by atoms with van der Waals surface area (Å²) >= 11 is 0. The highest BCUT2D eigenvalue weighted by molar-refractivity contribution is 5.81. The molecule has 0 aliphatic rings. The van der Waals surface area contributed by atoms with Gasteiger partial charge in [0.15, 0.2) is 5.88 Å². The van der Waals surface area contributed by atoms with Crippen molar-refractivity contribution >= 4 is 5.97 Å². The summed E-state index contributed by atoms with van der Waals surface area (Å²) in [6.07, 6.45) is 1.01. The Bertz CT molecular complexity index is 167. The third-order valence-corrected chi connectivity index (χ3v) is 0.830. The van der Waals surface area contributed by atoms with Gasteiger partial charge in [-0.1, -0.05) is 0 Å². The summed E-state index contributed by atoms with van der Waals surface area (Å²) in [5.41, 5.74) is 5.24. The van der Waals surface area contributed by atoms with Gasteiger partial charge in [0, 0.05) is 0 Å². The molecule has 0 bridgehead atoms. The maximum Gasteiger partial charge on any atom is 0.371 e. The molecule has 0 spiro atoms. The highest BCUT2D eigenvalue weighted by atomic mass is 17.2. The van der Waals surface area contributed by atoms with Crippen molar-refractivity contribution in [3.8, 4) is 0 Å². The first-order chi connectivity index (χ1) is 5.70. The van der Waals surface area contributed by atoms with Gasteiger partial charge in [0.1, 0.15) is 0 Å². The van der Waals surface area contributed by atoms with E-state index in [2.05, 4.69) is 9.78 Å². The van der Waals surface area contributed by atoms with Crippen molar-refractivity contribution in [1.82, 2.24) is 0 Å². The Labute approximate surface area is 71.0 Å². The summed E-state index contributed by atoms with van der Waals surface area (Å²) in [7, 11) is 0. The van der Waals surface area contributed by atoms with Crippen LogP contribution in [-0.2, 0) is 19.3 Å². The summed E-state index contributed by atoms with van der Waals surface area (Å²) in [5, 5.41) is 0. The zero-order chi connectivity index (χ0) is 9.40. The van der Waals surface area contributed by atoms with Crippen LogP contribution in [0.15, 0.2) is 12.0 Å². The van der Waals surface area contributed by atoms with Crippen LogP contribution in [0.4, 0.5) is 0 Å². The van der Waals surface area contributed by atoms with Crippen LogP contribution in [0.25, 0.3) is 0 Å². The lowest BCUT2D eigenvalue weighted by Crippen LogP contribution is -2.08. The van der Waals surface area contributed by atoms with Gasteiger partial charge in [0.25, 0.3) is 0 Å². The van der Waals surface area contributed by atoms with Crippen molar-refractivity contribution < 1.29 is 19.3 Å². The minimum atomic E-state index is -0.678.